The number of nitrogens with one attached hydrogen (secondary N) is 2. The molecule has 5 N–H and O–H groups in total. The van der Waals surface area contributed by atoms with Crippen LogP contribution >= 0.6 is 0 Å². The predicted molar refractivity (Wildman–Crippen MR) is 180 cm³/mol. The molecular weight excluding hydrogens is 616 g/mol. The molecule has 3 rings (SSSR count). The number of carboxylic acid groups (broad SMARTS) is 3. The van der Waals surface area contributed by atoms with Crippen molar-refractivity contribution in [1.29, 1.82) is 0 Å². The fraction of sp³-hybridized carbons (Fsp3) is 0.676. The molecule has 11 nitrogen and oxygen atoms in total. The first-order chi connectivity index (χ1) is 22.8. The summed E-state index contributed by atoms with van der Waals surface area (Å²) in [5.74, 6) is -2.94. The Morgan fingerprint density at radius 2 is 1.08 bits per heavy atom. The molecule has 0 heterocycles. The molecular formula is C37H54N2O9. The third kappa shape index (κ3) is 13.4. The van der Waals surface area contributed by atoms with Gasteiger partial charge in [-0.1, -0.05) is 20.3 Å². The van der Waals surface area contributed by atoms with Gasteiger partial charge < -0.3 is 26.0 Å². The van der Waals surface area contributed by atoms with Crippen LogP contribution < -0.4 is 10.6 Å². The average Bonchev–Trinajstić information content (AvgIpc) is 3.51. The number of ketones is 1. The van der Waals surface area contributed by atoms with Gasteiger partial charge in [0.05, 0.1) is 6.54 Å². The zero-order chi connectivity index (χ0) is 35.2. The zero-order valence-electron chi connectivity index (χ0n) is 28.5. The fourth-order valence-electron chi connectivity index (χ4n) is 7.79. The second-order valence-electron chi connectivity index (χ2n) is 14.5. The summed E-state index contributed by atoms with van der Waals surface area (Å²) in [6.07, 6.45) is 7.72. The van der Waals surface area contributed by atoms with Crippen LogP contribution in [0.15, 0.2) is 24.3 Å². The van der Waals surface area contributed by atoms with E-state index in [9.17, 15) is 44.1 Å². The van der Waals surface area contributed by atoms with Crippen molar-refractivity contribution in [2.24, 2.45) is 41.4 Å². The smallest absolute Gasteiger partial charge is 0.303 e. The van der Waals surface area contributed by atoms with Crippen molar-refractivity contribution in [2.75, 3.05) is 11.9 Å². The standard InChI is InChI=1S/C37H54N2O9/c1-23(2)30-4-3-5-31(30)32(40)22-38-37(48)28-14-16-29(17-15-28)39-33(41)18-24-6-8-25(19-34(42)43)10-12-27(21-36(46)47)13-11-26(9-7-24)20-35(44)45/h14-17,23-27,30-31H,3-13,18-22H2,1-2H3,(H,38,48)(H,39,41)(H,42,43)(H,44,45)(H,46,47)/t24?,25?,26?,27?,30-,31?/m0/s1. The summed E-state index contributed by atoms with van der Waals surface area (Å²) >= 11 is 0. The number of benzene rings is 1. The van der Waals surface area contributed by atoms with Gasteiger partial charge in [-0.2, -0.15) is 0 Å². The summed E-state index contributed by atoms with van der Waals surface area (Å²) in [4.78, 5) is 73.3. The number of amides is 2. The SMILES string of the molecule is CC(C)[C@@H]1CCCC1C(=O)CNC(=O)c1ccc(NC(=O)CC2CCC(CC(=O)O)CCC(CC(=O)O)CCC(CC(=O)O)CC2)cc1. The Morgan fingerprint density at radius 3 is 1.50 bits per heavy atom. The van der Waals surface area contributed by atoms with Crippen molar-refractivity contribution in [2.45, 2.75) is 110 Å². The van der Waals surface area contributed by atoms with Crippen LogP contribution in [0.1, 0.15) is 121 Å². The summed E-state index contributed by atoms with van der Waals surface area (Å²) in [5, 5.41) is 34.0. The first-order valence-corrected chi connectivity index (χ1v) is 17.7. The Bertz CT molecular complexity index is 1230. The number of hydrogen-bond donors (Lipinski definition) is 5. The average molecular weight is 671 g/mol. The number of Topliss-reactive ketones (excluding diaryl/α,β-unsaturated/α-hetero) is 1. The van der Waals surface area contributed by atoms with E-state index >= 15 is 0 Å². The van der Waals surface area contributed by atoms with Gasteiger partial charge in [0, 0.05) is 42.9 Å². The molecule has 1 aromatic rings. The van der Waals surface area contributed by atoms with Crippen molar-refractivity contribution in [1.82, 2.24) is 5.32 Å². The van der Waals surface area contributed by atoms with Crippen molar-refractivity contribution >= 4 is 41.2 Å². The minimum absolute atomic E-state index is 0.00381. The fourth-order valence-corrected chi connectivity index (χ4v) is 7.79. The van der Waals surface area contributed by atoms with Gasteiger partial charge in [-0.15, -0.1) is 0 Å². The van der Waals surface area contributed by atoms with Gasteiger partial charge in [-0.3, -0.25) is 28.8 Å². The van der Waals surface area contributed by atoms with Gasteiger partial charge in [0.2, 0.25) is 5.91 Å². The molecule has 2 aliphatic rings. The maximum absolute atomic E-state index is 13.1. The Hall–Kier alpha value is -3.76. The van der Waals surface area contributed by atoms with Crippen molar-refractivity contribution < 1.29 is 44.1 Å². The highest BCUT2D eigenvalue weighted by atomic mass is 16.4. The Kier molecular flexibility index (Phi) is 15.5. The van der Waals surface area contributed by atoms with Gasteiger partial charge in [0.1, 0.15) is 0 Å². The molecule has 3 unspecified atom stereocenters. The molecule has 11 heteroatoms. The topological polar surface area (TPSA) is 187 Å². The number of carbonyl (C=O) groups is 6. The normalized spacial score (nSPS) is 25.3. The molecule has 1 aromatic carbocycles. The van der Waals surface area contributed by atoms with E-state index in [1.807, 2.05) is 0 Å². The van der Waals surface area contributed by atoms with Crippen LogP contribution in [-0.4, -0.2) is 57.4 Å². The van der Waals surface area contributed by atoms with Crippen LogP contribution in [0.3, 0.4) is 0 Å². The number of anilines is 1. The monoisotopic (exact) mass is 670 g/mol. The second-order valence-corrected chi connectivity index (χ2v) is 14.5. The molecule has 4 atom stereocenters. The van der Waals surface area contributed by atoms with E-state index in [-0.39, 0.29) is 79.4 Å². The lowest BCUT2D eigenvalue weighted by molar-refractivity contribution is -0.140. The molecule has 0 radical (unpaired) electrons. The maximum atomic E-state index is 13.1. The molecule has 48 heavy (non-hydrogen) atoms. The first-order valence-electron chi connectivity index (χ1n) is 17.7. The van der Waals surface area contributed by atoms with Crippen LogP contribution in [0.4, 0.5) is 5.69 Å². The van der Waals surface area contributed by atoms with E-state index in [0.29, 0.717) is 74.5 Å². The molecule has 0 saturated heterocycles. The third-order valence-electron chi connectivity index (χ3n) is 10.5. The first kappa shape index (κ1) is 38.7. The third-order valence-corrected chi connectivity index (χ3v) is 10.5. The highest BCUT2D eigenvalue weighted by Crippen LogP contribution is 2.37. The van der Waals surface area contributed by atoms with E-state index in [1.54, 1.807) is 24.3 Å². The Balaban J connectivity index is 1.58. The molecule has 0 spiro atoms. The highest BCUT2D eigenvalue weighted by Gasteiger charge is 2.34. The number of aliphatic carboxylic acids is 3. The van der Waals surface area contributed by atoms with Gasteiger partial charge in [-0.05, 0) is 124 Å². The molecule has 2 aliphatic carbocycles. The van der Waals surface area contributed by atoms with Crippen LogP contribution in [-0.2, 0) is 24.0 Å². The van der Waals surface area contributed by atoms with E-state index < -0.39 is 17.9 Å². The zero-order valence-corrected chi connectivity index (χ0v) is 28.5. The largest absolute Gasteiger partial charge is 0.481 e. The molecule has 0 aromatic heterocycles. The molecule has 0 aliphatic heterocycles. The van der Waals surface area contributed by atoms with Gasteiger partial charge >= 0.3 is 17.9 Å². The van der Waals surface area contributed by atoms with Crippen LogP contribution in [0.5, 0.6) is 0 Å². The van der Waals surface area contributed by atoms with E-state index in [2.05, 4.69) is 24.5 Å². The number of carboxylic acids is 3. The van der Waals surface area contributed by atoms with Gasteiger partial charge in [0.15, 0.2) is 5.78 Å². The summed E-state index contributed by atoms with van der Waals surface area (Å²) in [5.41, 5.74) is 0.898. The Labute approximate surface area is 283 Å². The lowest BCUT2D eigenvalue weighted by Crippen LogP contribution is -2.35. The minimum Gasteiger partial charge on any atom is -0.481 e. The van der Waals surface area contributed by atoms with Crippen LogP contribution in [0, 0.1) is 41.4 Å². The van der Waals surface area contributed by atoms with Gasteiger partial charge in [0.25, 0.3) is 5.91 Å². The van der Waals surface area contributed by atoms with E-state index in [0.717, 1.165) is 19.3 Å². The van der Waals surface area contributed by atoms with Crippen molar-refractivity contribution in [3.63, 3.8) is 0 Å². The summed E-state index contributed by atoms with van der Waals surface area (Å²) in [6, 6.07) is 6.48. The quantitative estimate of drug-likeness (QED) is 0.149. The molecule has 2 saturated carbocycles. The molecule has 2 amide bonds. The van der Waals surface area contributed by atoms with Crippen LogP contribution in [0.25, 0.3) is 0 Å². The van der Waals surface area contributed by atoms with Gasteiger partial charge in [-0.25, -0.2) is 0 Å². The van der Waals surface area contributed by atoms with Crippen LogP contribution in [0.2, 0.25) is 0 Å². The summed E-state index contributed by atoms with van der Waals surface area (Å²) < 4.78 is 0. The maximum Gasteiger partial charge on any atom is 0.303 e. The lowest BCUT2D eigenvalue weighted by Gasteiger charge is -2.26. The minimum atomic E-state index is -0.911. The van der Waals surface area contributed by atoms with E-state index in [4.69, 9.17) is 0 Å². The van der Waals surface area contributed by atoms with Crippen molar-refractivity contribution in [3.05, 3.63) is 29.8 Å². The predicted octanol–water partition coefficient (Wildman–Crippen LogP) is 6.41. The Morgan fingerprint density at radius 1 is 0.646 bits per heavy atom. The summed E-state index contributed by atoms with van der Waals surface area (Å²) in [7, 11) is 0. The number of hydrogen-bond acceptors (Lipinski definition) is 6. The highest BCUT2D eigenvalue weighted by molar-refractivity contribution is 5.98. The molecule has 266 valence electrons. The summed E-state index contributed by atoms with van der Waals surface area (Å²) in [6.45, 7) is 4.26. The lowest BCUT2D eigenvalue weighted by atomic mass is 9.79. The number of rotatable bonds is 14. The molecule has 0 bridgehead atoms. The number of carbonyl (C=O) groups excluding carboxylic acids is 3. The van der Waals surface area contributed by atoms with E-state index in [1.165, 1.54) is 0 Å². The second kappa shape index (κ2) is 19.3. The van der Waals surface area contributed by atoms with Crippen molar-refractivity contribution in [3.8, 4) is 0 Å². The molecule has 2 fully saturated rings.